The summed E-state index contributed by atoms with van der Waals surface area (Å²) in [5.41, 5.74) is 6.15. The largest absolute Gasteiger partial charge is 0.327 e. The molecular formula is C14H19F2NS. The molecule has 2 N–H and O–H groups in total. The van der Waals surface area contributed by atoms with E-state index in [2.05, 4.69) is 0 Å². The predicted octanol–water partition coefficient (Wildman–Crippen LogP) is 4.11. The summed E-state index contributed by atoms with van der Waals surface area (Å²) in [6.45, 7) is 0. The minimum atomic E-state index is -0.390. The highest BCUT2D eigenvalue weighted by molar-refractivity contribution is 8.00. The van der Waals surface area contributed by atoms with Gasteiger partial charge >= 0.3 is 0 Å². The van der Waals surface area contributed by atoms with E-state index in [9.17, 15) is 8.78 Å². The monoisotopic (exact) mass is 271 g/mol. The highest BCUT2D eigenvalue weighted by Gasteiger charge is 2.21. The smallest absolute Gasteiger partial charge is 0.136 e. The molecule has 2 atom stereocenters. The van der Waals surface area contributed by atoms with Crippen molar-refractivity contribution in [3.05, 3.63) is 29.8 Å². The molecule has 1 aliphatic carbocycles. The molecule has 0 aliphatic heterocycles. The number of benzene rings is 1. The Morgan fingerprint density at radius 2 is 1.78 bits per heavy atom. The van der Waals surface area contributed by atoms with Crippen molar-refractivity contribution in [3.63, 3.8) is 0 Å². The minimum absolute atomic E-state index is 0.0815. The Bertz CT molecular complexity index is 397. The molecule has 2 unspecified atom stereocenters. The first kappa shape index (κ1) is 13.8. The summed E-state index contributed by atoms with van der Waals surface area (Å²) in [5.74, 6) is -0.742. The van der Waals surface area contributed by atoms with Gasteiger partial charge in [0.1, 0.15) is 11.6 Å². The zero-order valence-electron chi connectivity index (χ0n) is 10.4. The van der Waals surface area contributed by atoms with Crippen LogP contribution in [-0.2, 0) is 0 Å². The number of nitrogens with two attached hydrogens (primary N) is 1. The van der Waals surface area contributed by atoms with Gasteiger partial charge in [-0.1, -0.05) is 25.7 Å². The Morgan fingerprint density at radius 1 is 1.06 bits per heavy atom. The van der Waals surface area contributed by atoms with Crippen LogP contribution in [0.4, 0.5) is 8.78 Å². The zero-order valence-corrected chi connectivity index (χ0v) is 11.2. The Kier molecular flexibility index (Phi) is 5.01. The molecule has 1 fully saturated rings. The second-order valence-corrected chi connectivity index (χ2v) is 6.17. The van der Waals surface area contributed by atoms with Gasteiger partial charge in [-0.05, 0) is 31.0 Å². The van der Waals surface area contributed by atoms with E-state index in [1.54, 1.807) is 0 Å². The maximum absolute atomic E-state index is 13.6. The lowest BCUT2D eigenvalue weighted by atomic mass is 9.97. The second kappa shape index (κ2) is 6.53. The third-order valence-corrected chi connectivity index (χ3v) is 4.88. The van der Waals surface area contributed by atoms with Crippen LogP contribution >= 0.6 is 11.8 Å². The van der Waals surface area contributed by atoms with E-state index in [0.29, 0.717) is 4.90 Å². The van der Waals surface area contributed by atoms with Crippen molar-refractivity contribution in [2.75, 3.05) is 0 Å². The van der Waals surface area contributed by atoms with Crippen LogP contribution in [0.3, 0.4) is 0 Å². The van der Waals surface area contributed by atoms with Crippen molar-refractivity contribution >= 4 is 11.8 Å². The van der Waals surface area contributed by atoms with Gasteiger partial charge in [0.15, 0.2) is 0 Å². The van der Waals surface area contributed by atoms with Crippen molar-refractivity contribution in [3.8, 4) is 0 Å². The molecule has 0 spiro atoms. The van der Waals surface area contributed by atoms with Crippen LogP contribution in [0.15, 0.2) is 23.1 Å². The van der Waals surface area contributed by atoms with E-state index < -0.39 is 5.82 Å². The lowest BCUT2D eigenvalue weighted by Crippen LogP contribution is -2.33. The lowest BCUT2D eigenvalue weighted by Gasteiger charge is -2.25. The fourth-order valence-corrected chi connectivity index (χ4v) is 3.64. The van der Waals surface area contributed by atoms with E-state index in [4.69, 9.17) is 5.73 Å². The quantitative estimate of drug-likeness (QED) is 0.876. The number of hydrogen-bond acceptors (Lipinski definition) is 2. The molecule has 1 aliphatic rings. The standard InChI is InChI=1S/C14H19F2NS/c15-10-7-8-11(16)14(9-10)18-13-6-4-2-1-3-5-12(13)17/h7-9,12-13H,1-6,17H2. The molecule has 2 rings (SSSR count). The van der Waals surface area contributed by atoms with Crippen LogP contribution in [0, 0.1) is 11.6 Å². The number of hydrogen-bond donors (Lipinski definition) is 1. The van der Waals surface area contributed by atoms with Crippen molar-refractivity contribution in [2.24, 2.45) is 5.73 Å². The molecule has 18 heavy (non-hydrogen) atoms. The van der Waals surface area contributed by atoms with Gasteiger partial charge in [-0.2, -0.15) is 0 Å². The minimum Gasteiger partial charge on any atom is -0.327 e. The van der Waals surface area contributed by atoms with Crippen molar-refractivity contribution < 1.29 is 8.78 Å². The van der Waals surface area contributed by atoms with Gasteiger partial charge in [0.25, 0.3) is 0 Å². The molecule has 0 amide bonds. The summed E-state index contributed by atoms with van der Waals surface area (Å²) in [6, 6.07) is 3.69. The van der Waals surface area contributed by atoms with Gasteiger partial charge in [-0.15, -0.1) is 11.8 Å². The topological polar surface area (TPSA) is 26.0 Å². The molecule has 100 valence electrons. The summed E-state index contributed by atoms with van der Waals surface area (Å²) in [4.78, 5) is 0.385. The molecule has 0 saturated heterocycles. The van der Waals surface area contributed by atoms with Crippen LogP contribution in [-0.4, -0.2) is 11.3 Å². The maximum atomic E-state index is 13.6. The molecule has 1 aromatic rings. The first-order valence-electron chi connectivity index (χ1n) is 6.54. The predicted molar refractivity (Wildman–Crippen MR) is 71.7 cm³/mol. The van der Waals surface area contributed by atoms with Crippen molar-refractivity contribution in [1.29, 1.82) is 0 Å². The fourth-order valence-electron chi connectivity index (χ4n) is 2.36. The molecule has 0 aromatic heterocycles. The Morgan fingerprint density at radius 3 is 2.56 bits per heavy atom. The molecule has 1 aromatic carbocycles. The fraction of sp³-hybridized carbons (Fsp3) is 0.571. The van der Waals surface area contributed by atoms with Gasteiger partial charge in [0, 0.05) is 16.2 Å². The molecule has 0 heterocycles. The Labute approximate surface area is 111 Å². The van der Waals surface area contributed by atoms with E-state index >= 15 is 0 Å². The molecular weight excluding hydrogens is 252 g/mol. The Hall–Kier alpha value is -0.610. The average Bonchev–Trinajstić information content (AvgIpc) is 2.33. The molecule has 0 radical (unpaired) electrons. The molecule has 1 nitrogen and oxygen atoms in total. The number of rotatable bonds is 2. The molecule has 4 heteroatoms. The lowest BCUT2D eigenvalue weighted by molar-refractivity contribution is 0.462. The van der Waals surface area contributed by atoms with Crippen LogP contribution in [0.1, 0.15) is 38.5 Å². The normalized spacial score (nSPS) is 25.5. The Balaban J connectivity index is 2.07. The first-order chi connectivity index (χ1) is 8.66. The summed E-state index contributed by atoms with van der Waals surface area (Å²) >= 11 is 1.40. The van der Waals surface area contributed by atoms with Gasteiger partial charge in [0.05, 0.1) is 0 Å². The summed E-state index contributed by atoms with van der Waals surface area (Å²) in [5, 5.41) is 0.196. The SMILES string of the molecule is NC1CCCCCCC1Sc1cc(F)ccc1F. The second-order valence-electron chi connectivity index (χ2n) is 4.89. The van der Waals surface area contributed by atoms with E-state index in [1.165, 1.54) is 36.7 Å². The summed E-state index contributed by atoms with van der Waals surface area (Å²) in [7, 11) is 0. The zero-order chi connectivity index (χ0) is 13.0. The van der Waals surface area contributed by atoms with Crippen LogP contribution in [0.2, 0.25) is 0 Å². The van der Waals surface area contributed by atoms with E-state index in [1.807, 2.05) is 0 Å². The molecule has 1 saturated carbocycles. The van der Waals surface area contributed by atoms with Crippen LogP contribution in [0.25, 0.3) is 0 Å². The van der Waals surface area contributed by atoms with Gasteiger partial charge in [0.2, 0.25) is 0 Å². The summed E-state index contributed by atoms with van der Waals surface area (Å²) in [6.07, 6.45) is 6.69. The number of thioether (sulfide) groups is 1. The van der Waals surface area contributed by atoms with Crippen molar-refractivity contribution in [1.82, 2.24) is 0 Å². The van der Waals surface area contributed by atoms with Gasteiger partial charge in [-0.25, -0.2) is 8.78 Å². The van der Waals surface area contributed by atoms with E-state index in [0.717, 1.165) is 31.7 Å². The third kappa shape index (κ3) is 3.69. The third-order valence-electron chi connectivity index (χ3n) is 3.43. The molecule has 0 bridgehead atoms. The highest BCUT2D eigenvalue weighted by atomic mass is 32.2. The first-order valence-corrected chi connectivity index (χ1v) is 7.42. The van der Waals surface area contributed by atoms with E-state index in [-0.39, 0.29) is 17.1 Å². The average molecular weight is 271 g/mol. The van der Waals surface area contributed by atoms with Gasteiger partial charge < -0.3 is 5.73 Å². The van der Waals surface area contributed by atoms with Crippen LogP contribution < -0.4 is 5.73 Å². The van der Waals surface area contributed by atoms with Gasteiger partial charge in [-0.3, -0.25) is 0 Å². The van der Waals surface area contributed by atoms with Crippen molar-refractivity contribution in [2.45, 2.75) is 54.7 Å². The summed E-state index contributed by atoms with van der Waals surface area (Å²) < 4.78 is 26.7. The maximum Gasteiger partial charge on any atom is 0.136 e. The highest BCUT2D eigenvalue weighted by Crippen LogP contribution is 2.33. The van der Waals surface area contributed by atoms with Crippen LogP contribution in [0.5, 0.6) is 0 Å². The number of halogens is 2.